The Balaban J connectivity index is 1.62. The zero-order valence-electron chi connectivity index (χ0n) is 15.3. The van der Waals surface area contributed by atoms with Crippen molar-refractivity contribution in [3.05, 3.63) is 64.9 Å². The van der Waals surface area contributed by atoms with Crippen LogP contribution in [0, 0.1) is 0 Å². The van der Waals surface area contributed by atoms with Crippen LogP contribution in [0.15, 0.2) is 52.9 Å². The molecule has 2 amide bonds. The lowest BCUT2D eigenvalue weighted by Crippen LogP contribution is -2.40. The number of carbonyl (C=O) groups is 2. The number of rotatable bonds is 5. The molecule has 0 bridgehead atoms. The van der Waals surface area contributed by atoms with Gasteiger partial charge in [-0.25, -0.2) is 0 Å². The molecular formula is C21H19ClN2O4. The van der Waals surface area contributed by atoms with E-state index in [0.29, 0.717) is 34.9 Å². The van der Waals surface area contributed by atoms with Gasteiger partial charge in [0.05, 0.1) is 5.02 Å². The highest BCUT2D eigenvalue weighted by Crippen LogP contribution is 2.29. The predicted molar refractivity (Wildman–Crippen MR) is 106 cm³/mol. The van der Waals surface area contributed by atoms with Crippen molar-refractivity contribution in [1.29, 1.82) is 0 Å². The summed E-state index contributed by atoms with van der Waals surface area (Å²) in [6.45, 7) is 0.731. The van der Waals surface area contributed by atoms with Crippen molar-refractivity contribution in [2.75, 3.05) is 13.6 Å². The Labute approximate surface area is 167 Å². The summed E-state index contributed by atoms with van der Waals surface area (Å²) in [5.41, 5.74) is 1.20. The monoisotopic (exact) mass is 398 g/mol. The summed E-state index contributed by atoms with van der Waals surface area (Å²) in [5, 5.41) is 4.05. The highest BCUT2D eigenvalue weighted by atomic mass is 35.5. The maximum Gasteiger partial charge on any atom is 0.288 e. The SMILES string of the molecule is CN1CCC(NC(=O)c2oc3ccccc3c2COc2ccccc2Cl)C1=O. The lowest BCUT2D eigenvalue weighted by Gasteiger charge is -2.12. The second kappa shape index (κ2) is 7.56. The van der Waals surface area contributed by atoms with Gasteiger partial charge in [0.25, 0.3) is 5.91 Å². The van der Waals surface area contributed by atoms with Crippen molar-refractivity contribution in [2.24, 2.45) is 0 Å². The van der Waals surface area contributed by atoms with Gasteiger partial charge in [-0.2, -0.15) is 0 Å². The van der Waals surface area contributed by atoms with Crippen molar-refractivity contribution in [3.8, 4) is 5.75 Å². The Morgan fingerprint density at radius 1 is 1.25 bits per heavy atom. The van der Waals surface area contributed by atoms with E-state index in [9.17, 15) is 9.59 Å². The number of furan rings is 1. The minimum absolute atomic E-state index is 0.0988. The number of hydrogen-bond acceptors (Lipinski definition) is 4. The van der Waals surface area contributed by atoms with E-state index in [1.54, 1.807) is 30.1 Å². The van der Waals surface area contributed by atoms with E-state index >= 15 is 0 Å². The highest BCUT2D eigenvalue weighted by Gasteiger charge is 2.32. The number of amides is 2. The Morgan fingerprint density at radius 2 is 2.00 bits per heavy atom. The molecule has 6 nitrogen and oxygen atoms in total. The number of para-hydroxylation sites is 2. The Kier molecular flexibility index (Phi) is 4.96. The van der Waals surface area contributed by atoms with Gasteiger partial charge >= 0.3 is 0 Å². The Morgan fingerprint density at radius 3 is 2.75 bits per heavy atom. The van der Waals surface area contributed by atoms with Crippen LogP contribution in [0.5, 0.6) is 5.75 Å². The first-order valence-electron chi connectivity index (χ1n) is 8.98. The Bertz CT molecular complexity index is 1050. The molecule has 1 aliphatic rings. The van der Waals surface area contributed by atoms with Crippen LogP contribution >= 0.6 is 11.6 Å². The van der Waals surface area contributed by atoms with E-state index in [4.69, 9.17) is 20.8 Å². The number of hydrogen-bond donors (Lipinski definition) is 1. The van der Waals surface area contributed by atoms with E-state index in [0.717, 1.165) is 5.39 Å². The van der Waals surface area contributed by atoms with Crippen molar-refractivity contribution in [1.82, 2.24) is 10.2 Å². The molecule has 0 aliphatic carbocycles. The molecule has 1 saturated heterocycles. The number of nitrogens with zero attached hydrogens (tertiary/aromatic N) is 1. The molecule has 1 aliphatic heterocycles. The number of fused-ring (bicyclic) bond motifs is 1. The smallest absolute Gasteiger partial charge is 0.288 e. The molecule has 144 valence electrons. The topological polar surface area (TPSA) is 71.8 Å². The molecular weight excluding hydrogens is 380 g/mol. The summed E-state index contributed by atoms with van der Waals surface area (Å²) in [6, 6.07) is 14.0. The van der Waals surface area contributed by atoms with Crippen LogP contribution < -0.4 is 10.1 Å². The molecule has 0 radical (unpaired) electrons. The normalized spacial score (nSPS) is 16.6. The first-order valence-corrected chi connectivity index (χ1v) is 9.36. The van der Waals surface area contributed by atoms with Gasteiger partial charge in [0, 0.05) is 24.5 Å². The van der Waals surface area contributed by atoms with E-state index in [-0.39, 0.29) is 18.3 Å². The summed E-state index contributed by atoms with van der Waals surface area (Å²) in [5.74, 6) is 0.143. The maximum atomic E-state index is 12.9. The molecule has 4 rings (SSSR count). The molecule has 1 atom stereocenters. The van der Waals surface area contributed by atoms with E-state index in [1.807, 2.05) is 30.3 Å². The first-order chi connectivity index (χ1) is 13.5. The highest BCUT2D eigenvalue weighted by molar-refractivity contribution is 6.32. The predicted octanol–water partition coefficient (Wildman–Crippen LogP) is 3.63. The minimum Gasteiger partial charge on any atom is -0.487 e. The quantitative estimate of drug-likeness (QED) is 0.712. The van der Waals surface area contributed by atoms with Crippen molar-refractivity contribution < 1.29 is 18.7 Å². The number of benzene rings is 2. The van der Waals surface area contributed by atoms with Gasteiger partial charge in [0.15, 0.2) is 5.76 Å². The van der Waals surface area contributed by atoms with Gasteiger partial charge in [-0.3, -0.25) is 9.59 Å². The second-order valence-electron chi connectivity index (χ2n) is 6.70. The fourth-order valence-electron chi connectivity index (χ4n) is 3.32. The minimum atomic E-state index is -0.539. The molecule has 2 heterocycles. The summed E-state index contributed by atoms with van der Waals surface area (Å²) >= 11 is 6.16. The number of ether oxygens (including phenoxy) is 1. The second-order valence-corrected chi connectivity index (χ2v) is 7.11. The standard InChI is InChI=1S/C21H19ClN2O4/c1-24-11-10-16(21(24)26)23-20(25)19-14(13-6-2-4-8-17(13)28-19)12-27-18-9-5-3-7-15(18)22/h2-9,16H,10-12H2,1H3,(H,23,25). The summed E-state index contributed by atoms with van der Waals surface area (Å²) in [4.78, 5) is 26.6. The lowest BCUT2D eigenvalue weighted by atomic mass is 10.1. The lowest BCUT2D eigenvalue weighted by molar-refractivity contribution is -0.128. The van der Waals surface area contributed by atoms with Gasteiger partial charge in [0.1, 0.15) is 24.0 Å². The van der Waals surface area contributed by atoms with Gasteiger partial charge in [-0.05, 0) is 24.6 Å². The fourth-order valence-corrected chi connectivity index (χ4v) is 3.51. The number of likely N-dealkylation sites (N-methyl/N-ethyl adjacent to an activating group) is 1. The van der Waals surface area contributed by atoms with E-state index in [2.05, 4.69) is 5.32 Å². The zero-order valence-corrected chi connectivity index (χ0v) is 16.0. The van der Waals surface area contributed by atoms with Gasteiger partial charge in [0.2, 0.25) is 5.91 Å². The van der Waals surface area contributed by atoms with Crippen LogP contribution in [0.3, 0.4) is 0 Å². The third kappa shape index (κ3) is 3.43. The molecule has 0 saturated carbocycles. The van der Waals surface area contributed by atoms with Crippen molar-refractivity contribution >= 4 is 34.4 Å². The van der Waals surface area contributed by atoms with Crippen LogP contribution in [-0.2, 0) is 11.4 Å². The van der Waals surface area contributed by atoms with Crippen LogP contribution in [0.25, 0.3) is 11.0 Å². The van der Waals surface area contributed by atoms with Gasteiger partial charge < -0.3 is 19.4 Å². The van der Waals surface area contributed by atoms with Gasteiger partial charge in [-0.1, -0.05) is 41.9 Å². The molecule has 1 fully saturated rings. The molecule has 1 aromatic heterocycles. The van der Waals surface area contributed by atoms with Crippen LogP contribution in [0.1, 0.15) is 22.5 Å². The molecule has 3 aromatic rings. The summed E-state index contributed by atoms with van der Waals surface area (Å²) in [7, 11) is 1.72. The summed E-state index contributed by atoms with van der Waals surface area (Å²) in [6.07, 6.45) is 0.576. The number of halogens is 1. The average Bonchev–Trinajstić information content (AvgIpc) is 3.22. The fraction of sp³-hybridized carbons (Fsp3) is 0.238. The largest absolute Gasteiger partial charge is 0.487 e. The average molecular weight is 399 g/mol. The van der Waals surface area contributed by atoms with Crippen LogP contribution in [0.4, 0.5) is 0 Å². The maximum absolute atomic E-state index is 12.9. The van der Waals surface area contributed by atoms with E-state index in [1.165, 1.54) is 0 Å². The van der Waals surface area contributed by atoms with E-state index < -0.39 is 11.9 Å². The molecule has 1 unspecified atom stereocenters. The molecule has 2 aromatic carbocycles. The van der Waals surface area contributed by atoms with Crippen molar-refractivity contribution in [2.45, 2.75) is 19.1 Å². The van der Waals surface area contributed by atoms with Gasteiger partial charge in [-0.15, -0.1) is 0 Å². The summed E-state index contributed by atoms with van der Waals surface area (Å²) < 4.78 is 11.6. The van der Waals surface area contributed by atoms with Crippen molar-refractivity contribution in [3.63, 3.8) is 0 Å². The molecule has 0 spiro atoms. The molecule has 7 heteroatoms. The number of nitrogens with one attached hydrogen (secondary N) is 1. The zero-order chi connectivity index (χ0) is 19.7. The Hall–Kier alpha value is -2.99. The van der Waals surface area contributed by atoms with Crippen LogP contribution in [0.2, 0.25) is 5.02 Å². The third-order valence-electron chi connectivity index (χ3n) is 4.85. The molecule has 1 N–H and O–H groups in total. The number of carbonyl (C=O) groups excluding carboxylic acids is 2. The number of likely N-dealkylation sites (tertiary alicyclic amines) is 1. The first kappa shape index (κ1) is 18.4. The third-order valence-corrected chi connectivity index (χ3v) is 5.16. The van der Waals surface area contributed by atoms with Crippen LogP contribution in [-0.4, -0.2) is 36.3 Å². The molecule has 28 heavy (non-hydrogen) atoms.